The van der Waals surface area contributed by atoms with Gasteiger partial charge in [-0.2, -0.15) is 0 Å². The van der Waals surface area contributed by atoms with E-state index in [4.69, 9.17) is 4.42 Å². The van der Waals surface area contributed by atoms with Crippen molar-refractivity contribution in [1.82, 2.24) is 9.13 Å². The first kappa shape index (κ1) is 26.5. The fraction of sp³-hybridized carbons (Fsp3) is 0. The molecule has 3 aromatic heterocycles. The van der Waals surface area contributed by atoms with Gasteiger partial charge in [0, 0.05) is 44.5 Å². The Morgan fingerprint density at radius 3 is 1.96 bits per heavy atom. The van der Waals surface area contributed by atoms with Gasteiger partial charge in [0.05, 0.1) is 16.6 Å². The highest BCUT2D eigenvalue weighted by molar-refractivity contribution is 6.23. The molecular formula is C46H28N2O. The van der Waals surface area contributed by atoms with E-state index in [-0.39, 0.29) is 0 Å². The predicted molar refractivity (Wildman–Crippen MR) is 205 cm³/mol. The summed E-state index contributed by atoms with van der Waals surface area (Å²) in [6.45, 7) is 0. The summed E-state index contributed by atoms with van der Waals surface area (Å²) >= 11 is 0. The third-order valence-electron chi connectivity index (χ3n) is 10.3. The first-order valence-corrected chi connectivity index (χ1v) is 16.8. The number of nitrogens with zero attached hydrogens (tertiary/aromatic N) is 2. The Labute approximate surface area is 281 Å². The van der Waals surface area contributed by atoms with Crippen LogP contribution >= 0.6 is 0 Å². The minimum absolute atomic E-state index is 0.907. The molecule has 0 N–H and O–H groups in total. The van der Waals surface area contributed by atoms with Crippen LogP contribution in [0.25, 0.3) is 98.7 Å². The van der Waals surface area contributed by atoms with Crippen molar-refractivity contribution in [2.24, 2.45) is 0 Å². The van der Waals surface area contributed by atoms with E-state index in [0.717, 1.165) is 33.3 Å². The third-order valence-corrected chi connectivity index (χ3v) is 10.3. The van der Waals surface area contributed by atoms with Gasteiger partial charge >= 0.3 is 0 Å². The largest absolute Gasteiger partial charge is 0.456 e. The van der Waals surface area contributed by atoms with Crippen molar-refractivity contribution in [2.75, 3.05) is 0 Å². The lowest BCUT2D eigenvalue weighted by Crippen LogP contribution is -1.94. The van der Waals surface area contributed by atoms with Crippen LogP contribution in [-0.2, 0) is 0 Å². The van der Waals surface area contributed by atoms with E-state index in [1.54, 1.807) is 0 Å². The molecule has 3 heteroatoms. The quantitative estimate of drug-likeness (QED) is 0.179. The smallest absolute Gasteiger partial charge is 0.135 e. The number of fused-ring (bicyclic) bond motifs is 10. The van der Waals surface area contributed by atoms with E-state index in [9.17, 15) is 0 Å². The molecule has 0 saturated heterocycles. The molecule has 3 heterocycles. The summed E-state index contributed by atoms with van der Waals surface area (Å²) in [5.74, 6) is 0. The zero-order valence-electron chi connectivity index (χ0n) is 26.5. The van der Waals surface area contributed by atoms with Crippen LogP contribution in [0, 0.1) is 0 Å². The molecule has 0 spiro atoms. The van der Waals surface area contributed by atoms with Crippen LogP contribution < -0.4 is 0 Å². The Bertz CT molecular complexity index is 3090. The molecule has 0 fully saturated rings. The van der Waals surface area contributed by atoms with E-state index in [2.05, 4.69) is 167 Å². The van der Waals surface area contributed by atoms with Crippen LogP contribution in [0.15, 0.2) is 174 Å². The molecule has 49 heavy (non-hydrogen) atoms. The summed E-state index contributed by atoms with van der Waals surface area (Å²) in [6.07, 6.45) is 2.19. The van der Waals surface area contributed by atoms with Gasteiger partial charge in [-0.3, -0.25) is 0 Å². The number of furan rings is 1. The lowest BCUT2D eigenvalue weighted by Gasteiger charge is -2.14. The van der Waals surface area contributed by atoms with Gasteiger partial charge in [-0.25, -0.2) is 0 Å². The maximum atomic E-state index is 6.25. The highest BCUT2D eigenvalue weighted by Gasteiger charge is 2.18. The lowest BCUT2D eigenvalue weighted by molar-refractivity contribution is 0.669. The molecule has 0 unspecified atom stereocenters. The van der Waals surface area contributed by atoms with Crippen molar-refractivity contribution >= 4 is 76.2 Å². The second-order valence-electron chi connectivity index (χ2n) is 13.0. The molecule has 0 aliphatic heterocycles. The molecule has 0 radical (unpaired) electrons. The average molecular weight is 625 g/mol. The summed E-state index contributed by atoms with van der Waals surface area (Å²) in [5, 5.41) is 11.0. The second-order valence-corrected chi connectivity index (χ2v) is 13.0. The fourth-order valence-electron chi connectivity index (χ4n) is 8.05. The minimum Gasteiger partial charge on any atom is -0.456 e. The number of rotatable bonds is 3. The van der Waals surface area contributed by atoms with Gasteiger partial charge in [0.15, 0.2) is 0 Å². The van der Waals surface area contributed by atoms with E-state index in [1.807, 2.05) is 12.1 Å². The molecule has 8 aromatic carbocycles. The van der Waals surface area contributed by atoms with E-state index >= 15 is 0 Å². The Balaban J connectivity index is 1.29. The number of aromatic nitrogens is 2. The summed E-state index contributed by atoms with van der Waals surface area (Å²) < 4.78 is 10.9. The summed E-state index contributed by atoms with van der Waals surface area (Å²) in [5.41, 5.74) is 10.1. The van der Waals surface area contributed by atoms with Crippen LogP contribution in [0.3, 0.4) is 0 Å². The fourth-order valence-corrected chi connectivity index (χ4v) is 8.05. The highest BCUT2D eigenvalue weighted by Crippen LogP contribution is 2.43. The monoisotopic (exact) mass is 624 g/mol. The van der Waals surface area contributed by atoms with Crippen LogP contribution in [-0.4, -0.2) is 9.13 Å². The highest BCUT2D eigenvalue weighted by atomic mass is 16.3. The van der Waals surface area contributed by atoms with E-state index in [0.29, 0.717) is 0 Å². The van der Waals surface area contributed by atoms with E-state index in [1.165, 1.54) is 65.4 Å². The number of hydrogen-bond acceptors (Lipinski definition) is 1. The Morgan fingerprint density at radius 2 is 1.10 bits per heavy atom. The molecule has 11 aromatic rings. The number of para-hydroxylation sites is 4. The molecule has 11 rings (SSSR count). The average Bonchev–Trinajstić information content (AvgIpc) is 3.85. The molecule has 0 saturated carbocycles. The van der Waals surface area contributed by atoms with Gasteiger partial charge in [0.25, 0.3) is 0 Å². The van der Waals surface area contributed by atoms with E-state index < -0.39 is 0 Å². The molecular weight excluding hydrogens is 597 g/mol. The predicted octanol–water partition coefficient (Wildman–Crippen LogP) is 12.6. The van der Waals surface area contributed by atoms with Gasteiger partial charge in [0.2, 0.25) is 0 Å². The molecule has 0 amide bonds. The molecule has 0 bridgehead atoms. The maximum Gasteiger partial charge on any atom is 0.135 e. The topological polar surface area (TPSA) is 23.0 Å². The normalized spacial score (nSPS) is 12.1. The van der Waals surface area contributed by atoms with Crippen molar-refractivity contribution in [3.05, 3.63) is 170 Å². The first-order valence-electron chi connectivity index (χ1n) is 16.8. The maximum absolute atomic E-state index is 6.25. The van der Waals surface area contributed by atoms with Crippen LogP contribution in [0.1, 0.15) is 0 Å². The Morgan fingerprint density at radius 1 is 0.367 bits per heavy atom. The lowest BCUT2D eigenvalue weighted by atomic mass is 9.91. The SMILES string of the molecule is c1ccc(-n2ccc3cc4c(cc(-c5ccc6oc7ccccc7c6c5)c5cc6c(cc54)c4ccccc4n6-c4ccccc4)cc32)cc1. The molecule has 228 valence electrons. The third kappa shape index (κ3) is 3.84. The van der Waals surface area contributed by atoms with Gasteiger partial charge in [0.1, 0.15) is 11.2 Å². The van der Waals surface area contributed by atoms with Crippen molar-refractivity contribution in [3.63, 3.8) is 0 Å². The Hall–Kier alpha value is -6.58. The van der Waals surface area contributed by atoms with Crippen LogP contribution in [0.5, 0.6) is 0 Å². The minimum atomic E-state index is 0.907. The van der Waals surface area contributed by atoms with Gasteiger partial charge in [-0.1, -0.05) is 78.9 Å². The molecule has 0 atom stereocenters. The van der Waals surface area contributed by atoms with Crippen molar-refractivity contribution in [2.45, 2.75) is 0 Å². The number of hydrogen-bond donors (Lipinski definition) is 0. The van der Waals surface area contributed by atoms with Crippen molar-refractivity contribution in [1.29, 1.82) is 0 Å². The number of benzene rings is 8. The Kier molecular flexibility index (Phi) is 5.38. The standard InChI is InChI=1S/C46H28N2O/c1-3-11-32(12-4-1)47-22-21-30-24-37-31(26-43(30)47)25-36(29-19-20-46-41(23-29)35-16-8-10-18-45(35)49-46)39-28-44-40(27-38(37)39)34-15-7-9-17-42(34)48(44)33-13-5-2-6-14-33/h1-28H. The van der Waals surface area contributed by atoms with Gasteiger partial charge < -0.3 is 13.6 Å². The summed E-state index contributed by atoms with van der Waals surface area (Å²) in [7, 11) is 0. The van der Waals surface area contributed by atoms with Gasteiger partial charge in [-0.05, 0) is 118 Å². The summed E-state index contributed by atoms with van der Waals surface area (Å²) in [6, 6.07) is 59.3. The first-order chi connectivity index (χ1) is 24.3. The second kappa shape index (κ2) is 9.96. The molecule has 3 nitrogen and oxygen atoms in total. The molecule has 0 aliphatic rings. The van der Waals surface area contributed by atoms with Crippen molar-refractivity contribution < 1.29 is 4.42 Å². The molecule has 0 aliphatic carbocycles. The van der Waals surface area contributed by atoms with Crippen LogP contribution in [0.2, 0.25) is 0 Å². The zero-order chi connectivity index (χ0) is 32.1. The van der Waals surface area contributed by atoms with Gasteiger partial charge in [-0.15, -0.1) is 0 Å². The van der Waals surface area contributed by atoms with Crippen LogP contribution in [0.4, 0.5) is 0 Å². The summed E-state index contributed by atoms with van der Waals surface area (Å²) in [4.78, 5) is 0. The van der Waals surface area contributed by atoms with Crippen molar-refractivity contribution in [3.8, 4) is 22.5 Å². The zero-order valence-corrected chi connectivity index (χ0v) is 26.5.